The number of carbonyl (C=O) groups excluding carboxylic acids is 1. The molecule has 0 unspecified atom stereocenters. The lowest BCUT2D eigenvalue weighted by molar-refractivity contribution is 0.0742. The summed E-state index contributed by atoms with van der Waals surface area (Å²) in [6.45, 7) is 5.74. The van der Waals surface area contributed by atoms with Gasteiger partial charge in [0.2, 0.25) is 0 Å². The summed E-state index contributed by atoms with van der Waals surface area (Å²) in [5, 5.41) is 8.94. The van der Waals surface area contributed by atoms with Gasteiger partial charge in [-0.1, -0.05) is 56.3 Å². The van der Waals surface area contributed by atoms with Crippen molar-refractivity contribution in [2.24, 2.45) is 5.92 Å². The molecule has 0 spiro atoms. The van der Waals surface area contributed by atoms with Crippen molar-refractivity contribution in [1.82, 2.24) is 4.90 Å². The largest absolute Gasteiger partial charge is 0.493 e. The Hall–Kier alpha value is -2.80. The molecule has 0 aliphatic rings. The van der Waals surface area contributed by atoms with Crippen molar-refractivity contribution < 1.29 is 9.53 Å². The number of nitrogens with zero attached hydrogens (tertiary/aromatic N) is 2. The van der Waals surface area contributed by atoms with E-state index in [1.807, 2.05) is 48.5 Å². The third-order valence-electron chi connectivity index (χ3n) is 4.07. The van der Waals surface area contributed by atoms with Gasteiger partial charge in [-0.25, -0.2) is 0 Å². The monoisotopic (exact) mass is 350 g/mol. The van der Waals surface area contributed by atoms with Crippen LogP contribution in [0.25, 0.3) is 0 Å². The quantitative estimate of drug-likeness (QED) is 0.660. The third-order valence-corrected chi connectivity index (χ3v) is 4.07. The van der Waals surface area contributed by atoms with E-state index >= 15 is 0 Å². The molecule has 1 amide bonds. The average molecular weight is 350 g/mol. The molecule has 0 aliphatic carbocycles. The SMILES string of the molecule is CC(C)CCOc1ccccc1C(=O)N(CCC#N)Cc1ccccc1. The minimum absolute atomic E-state index is 0.107. The molecule has 2 aromatic rings. The van der Waals surface area contributed by atoms with Crippen molar-refractivity contribution in [3.63, 3.8) is 0 Å². The fraction of sp³-hybridized carbons (Fsp3) is 0.364. The van der Waals surface area contributed by atoms with E-state index in [1.165, 1.54) is 0 Å². The molecule has 4 heteroatoms. The fourth-order valence-electron chi connectivity index (χ4n) is 2.59. The van der Waals surface area contributed by atoms with E-state index in [9.17, 15) is 4.79 Å². The highest BCUT2D eigenvalue weighted by Crippen LogP contribution is 2.22. The second kappa shape index (κ2) is 10.2. The molecule has 0 N–H and O–H groups in total. The molecular formula is C22H26N2O2. The molecule has 4 nitrogen and oxygen atoms in total. The predicted molar refractivity (Wildman–Crippen MR) is 103 cm³/mol. The number of carbonyl (C=O) groups is 1. The molecular weight excluding hydrogens is 324 g/mol. The Kier molecular flexibility index (Phi) is 7.70. The first-order valence-electron chi connectivity index (χ1n) is 9.03. The molecule has 2 aromatic carbocycles. The summed E-state index contributed by atoms with van der Waals surface area (Å²) >= 11 is 0. The van der Waals surface area contributed by atoms with Crippen LogP contribution in [0.3, 0.4) is 0 Å². The Morgan fingerprint density at radius 1 is 1.12 bits per heavy atom. The number of para-hydroxylation sites is 1. The van der Waals surface area contributed by atoms with Gasteiger partial charge in [0.25, 0.3) is 5.91 Å². The Labute approximate surface area is 156 Å². The van der Waals surface area contributed by atoms with Crippen LogP contribution in [-0.2, 0) is 6.54 Å². The van der Waals surface area contributed by atoms with E-state index in [0.29, 0.717) is 43.3 Å². The van der Waals surface area contributed by atoms with Crippen LogP contribution in [0.2, 0.25) is 0 Å². The molecule has 0 bridgehead atoms. The Balaban J connectivity index is 2.17. The molecule has 0 aliphatic heterocycles. The number of rotatable bonds is 9. The summed E-state index contributed by atoms with van der Waals surface area (Å²) in [4.78, 5) is 14.8. The summed E-state index contributed by atoms with van der Waals surface area (Å²) < 4.78 is 5.86. The van der Waals surface area contributed by atoms with Crippen LogP contribution in [0.1, 0.15) is 42.6 Å². The number of amides is 1. The minimum Gasteiger partial charge on any atom is -0.493 e. The summed E-state index contributed by atoms with van der Waals surface area (Å²) in [5.74, 6) is 1.04. The van der Waals surface area contributed by atoms with Crippen LogP contribution in [-0.4, -0.2) is 24.0 Å². The molecule has 2 rings (SSSR count). The first-order chi connectivity index (χ1) is 12.6. The average Bonchev–Trinajstić information content (AvgIpc) is 2.65. The van der Waals surface area contributed by atoms with Gasteiger partial charge in [0.05, 0.1) is 24.7 Å². The van der Waals surface area contributed by atoms with Crippen molar-refractivity contribution in [2.75, 3.05) is 13.2 Å². The highest BCUT2D eigenvalue weighted by Gasteiger charge is 2.19. The van der Waals surface area contributed by atoms with Crippen LogP contribution in [0.4, 0.5) is 0 Å². The molecule has 136 valence electrons. The first kappa shape index (κ1) is 19.5. The standard InChI is InChI=1S/C22H26N2O2/c1-18(2)13-16-26-21-12-7-6-11-20(21)22(25)24(15-8-14-23)17-19-9-4-3-5-10-19/h3-7,9-12,18H,8,13,15-17H2,1-2H3. The summed E-state index contributed by atoms with van der Waals surface area (Å²) in [6, 6.07) is 19.3. The lowest BCUT2D eigenvalue weighted by Gasteiger charge is -2.23. The normalized spacial score (nSPS) is 10.4. The summed E-state index contributed by atoms with van der Waals surface area (Å²) in [6.07, 6.45) is 1.24. The second-order valence-electron chi connectivity index (χ2n) is 6.65. The van der Waals surface area contributed by atoms with Crippen LogP contribution < -0.4 is 4.74 Å². The van der Waals surface area contributed by atoms with E-state index in [4.69, 9.17) is 10.00 Å². The van der Waals surface area contributed by atoms with Gasteiger partial charge in [-0.05, 0) is 30.0 Å². The first-order valence-corrected chi connectivity index (χ1v) is 9.03. The predicted octanol–water partition coefficient (Wildman–Crippen LogP) is 4.67. The van der Waals surface area contributed by atoms with Gasteiger partial charge < -0.3 is 9.64 Å². The van der Waals surface area contributed by atoms with E-state index in [2.05, 4.69) is 19.9 Å². The van der Waals surface area contributed by atoms with Crippen molar-refractivity contribution in [3.8, 4) is 11.8 Å². The molecule has 26 heavy (non-hydrogen) atoms. The Morgan fingerprint density at radius 3 is 2.50 bits per heavy atom. The van der Waals surface area contributed by atoms with Crippen molar-refractivity contribution >= 4 is 5.91 Å². The number of nitriles is 1. The lowest BCUT2D eigenvalue weighted by atomic mass is 10.1. The van der Waals surface area contributed by atoms with Crippen molar-refractivity contribution in [3.05, 3.63) is 65.7 Å². The molecule has 0 radical (unpaired) electrons. The van der Waals surface area contributed by atoms with Gasteiger partial charge >= 0.3 is 0 Å². The number of benzene rings is 2. The smallest absolute Gasteiger partial charge is 0.257 e. The van der Waals surface area contributed by atoms with Gasteiger partial charge in [0.15, 0.2) is 0 Å². The number of hydrogen-bond acceptors (Lipinski definition) is 3. The zero-order valence-electron chi connectivity index (χ0n) is 15.5. The molecule has 0 fully saturated rings. The highest BCUT2D eigenvalue weighted by atomic mass is 16.5. The van der Waals surface area contributed by atoms with Crippen LogP contribution in [0.15, 0.2) is 54.6 Å². The summed E-state index contributed by atoms with van der Waals surface area (Å²) in [5.41, 5.74) is 1.59. The van der Waals surface area contributed by atoms with E-state index in [-0.39, 0.29) is 5.91 Å². The zero-order chi connectivity index (χ0) is 18.8. The van der Waals surface area contributed by atoms with Crippen LogP contribution >= 0.6 is 0 Å². The number of hydrogen-bond donors (Lipinski definition) is 0. The topological polar surface area (TPSA) is 53.3 Å². The van der Waals surface area contributed by atoms with Gasteiger partial charge in [-0.15, -0.1) is 0 Å². The van der Waals surface area contributed by atoms with Gasteiger partial charge in [0.1, 0.15) is 5.75 Å². The zero-order valence-corrected chi connectivity index (χ0v) is 15.5. The van der Waals surface area contributed by atoms with Crippen molar-refractivity contribution in [1.29, 1.82) is 5.26 Å². The third kappa shape index (κ3) is 5.93. The minimum atomic E-state index is -0.107. The Morgan fingerprint density at radius 2 is 1.81 bits per heavy atom. The lowest BCUT2D eigenvalue weighted by Crippen LogP contribution is -2.31. The number of ether oxygens (including phenoxy) is 1. The summed E-state index contributed by atoms with van der Waals surface area (Å²) in [7, 11) is 0. The molecule has 0 saturated carbocycles. The van der Waals surface area contributed by atoms with Crippen molar-refractivity contribution in [2.45, 2.75) is 33.2 Å². The Bertz CT molecular complexity index is 735. The molecule has 0 atom stereocenters. The van der Waals surface area contributed by atoms with E-state index < -0.39 is 0 Å². The van der Waals surface area contributed by atoms with Gasteiger partial charge in [-0.3, -0.25) is 4.79 Å². The maximum Gasteiger partial charge on any atom is 0.257 e. The maximum absolute atomic E-state index is 13.1. The molecule has 0 heterocycles. The maximum atomic E-state index is 13.1. The highest BCUT2D eigenvalue weighted by molar-refractivity contribution is 5.96. The van der Waals surface area contributed by atoms with Gasteiger partial charge in [0, 0.05) is 13.1 Å². The van der Waals surface area contributed by atoms with Crippen LogP contribution in [0.5, 0.6) is 5.75 Å². The molecule has 0 aromatic heterocycles. The van der Waals surface area contributed by atoms with Gasteiger partial charge in [-0.2, -0.15) is 5.26 Å². The fourth-order valence-corrected chi connectivity index (χ4v) is 2.59. The second-order valence-corrected chi connectivity index (χ2v) is 6.65. The van der Waals surface area contributed by atoms with E-state index in [0.717, 1.165) is 12.0 Å². The van der Waals surface area contributed by atoms with Crippen LogP contribution in [0, 0.1) is 17.2 Å². The van der Waals surface area contributed by atoms with E-state index in [1.54, 1.807) is 11.0 Å². The molecule has 0 saturated heterocycles.